The van der Waals surface area contributed by atoms with Crippen molar-refractivity contribution in [2.24, 2.45) is 0 Å². The maximum atomic E-state index is 12.8. The molecule has 0 saturated carbocycles. The second kappa shape index (κ2) is 50.3. The summed E-state index contributed by atoms with van der Waals surface area (Å²) in [7, 11) is 0. The molecule has 0 aliphatic heterocycles. The van der Waals surface area contributed by atoms with Crippen LogP contribution in [0.1, 0.15) is 278 Å². The number of ether oxygens (including phenoxy) is 3. The molecule has 0 aromatic carbocycles. The Morgan fingerprint density at radius 2 is 0.590 bits per heavy atom. The van der Waals surface area contributed by atoms with Gasteiger partial charge in [-0.05, 0) is 77.0 Å². The number of esters is 3. The largest absolute Gasteiger partial charge is 0.462 e. The van der Waals surface area contributed by atoms with E-state index in [1.807, 2.05) is 0 Å². The molecule has 0 aliphatic rings. The Labute approximate surface area is 378 Å². The first-order valence-electron chi connectivity index (χ1n) is 26.5. The van der Waals surface area contributed by atoms with Crippen molar-refractivity contribution in [3.05, 3.63) is 36.5 Å². The van der Waals surface area contributed by atoms with Crippen molar-refractivity contribution >= 4 is 17.9 Å². The van der Waals surface area contributed by atoms with E-state index in [0.29, 0.717) is 19.3 Å². The van der Waals surface area contributed by atoms with E-state index < -0.39 is 6.10 Å². The van der Waals surface area contributed by atoms with E-state index in [1.54, 1.807) is 0 Å². The molecular formula is C55H100O6. The van der Waals surface area contributed by atoms with Gasteiger partial charge in [-0.15, -0.1) is 0 Å². The van der Waals surface area contributed by atoms with Crippen LogP contribution in [-0.2, 0) is 28.6 Å². The van der Waals surface area contributed by atoms with E-state index in [-0.39, 0.29) is 31.1 Å². The third-order valence-corrected chi connectivity index (χ3v) is 11.6. The van der Waals surface area contributed by atoms with Crippen LogP contribution in [0.4, 0.5) is 0 Å². The molecule has 1 atom stereocenters. The molecule has 0 radical (unpaired) electrons. The number of allylic oxidation sites excluding steroid dienone is 6. The second-order valence-corrected chi connectivity index (χ2v) is 17.8. The number of hydrogen-bond acceptors (Lipinski definition) is 6. The monoisotopic (exact) mass is 857 g/mol. The van der Waals surface area contributed by atoms with E-state index in [9.17, 15) is 14.4 Å². The van der Waals surface area contributed by atoms with Gasteiger partial charge in [0.1, 0.15) is 13.2 Å². The van der Waals surface area contributed by atoms with Gasteiger partial charge in [0.15, 0.2) is 6.10 Å². The topological polar surface area (TPSA) is 78.9 Å². The van der Waals surface area contributed by atoms with Crippen LogP contribution in [0.5, 0.6) is 0 Å². The number of hydrogen-bond donors (Lipinski definition) is 0. The normalized spacial score (nSPS) is 12.2. The zero-order chi connectivity index (χ0) is 44.4. The summed E-state index contributed by atoms with van der Waals surface area (Å²) >= 11 is 0. The van der Waals surface area contributed by atoms with Crippen LogP contribution in [-0.4, -0.2) is 37.2 Å². The van der Waals surface area contributed by atoms with Gasteiger partial charge < -0.3 is 14.2 Å². The molecule has 6 heteroatoms. The van der Waals surface area contributed by atoms with Gasteiger partial charge in [-0.3, -0.25) is 14.4 Å². The van der Waals surface area contributed by atoms with Crippen LogP contribution >= 0.6 is 0 Å². The standard InChI is InChI=1S/C55H100O6/c1-4-7-10-13-16-19-22-24-26-28-30-31-33-36-39-42-45-48-54(57)60-51-52(50-59-53(56)47-44-41-38-35-21-18-15-12-9-6-3)61-55(58)49-46-43-40-37-34-32-29-27-25-23-20-17-14-11-8-5-2/h16,19,24,26-27,29,52H,4-15,17-18,20-23,25,28,30-51H2,1-3H3/b19-16-,26-24-,29-27-/t52-/m1/s1. The molecule has 0 aliphatic carbocycles. The lowest BCUT2D eigenvalue weighted by atomic mass is 10.1. The third kappa shape index (κ3) is 48.5. The fraction of sp³-hybridized carbons (Fsp3) is 0.836. The van der Waals surface area contributed by atoms with Crippen molar-refractivity contribution in [2.75, 3.05) is 13.2 Å². The van der Waals surface area contributed by atoms with Crippen LogP contribution in [0.25, 0.3) is 0 Å². The lowest BCUT2D eigenvalue weighted by molar-refractivity contribution is -0.167. The minimum atomic E-state index is -0.775. The highest BCUT2D eigenvalue weighted by Crippen LogP contribution is 2.15. The molecular weight excluding hydrogens is 757 g/mol. The fourth-order valence-corrected chi connectivity index (χ4v) is 7.59. The molecule has 356 valence electrons. The Hall–Kier alpha value is -2.37. The van der Waals surface area contributed by atoms with Crippen molar-refractivity contribution in [2.45, 2.75) is 284 Å². The van der Waals surface area contributed by atoms with Gasteiger partial charge in [-0.1, -0.05) is 218 Å². The summed E-state index contributed by atoms with van der Waals surface area (Å²) in [5.74, 6) is -0.883. The van der Waals surface area contributed by atoms with Gasteiger partial charge >= 0.3 is 17.9 Å². The number of carbonyl (C=O) groups excluding carboxylic acids is 3. The molecule has 0 saturated heterocycles. The van der Waals surface area contributed by atoms with Crippen molar-refractivity contribution in [3.63, 3.8) is 0 Å². The summed E-state index contributed by atoms with van der Waals surface area (Å²) < 4.78 is 16.8. The van der Waals surface area contributed by atoms with E-state index in [0.717, 1.165) is 77.0 Å². The smallest absolute Gasteiger partial charge is 0.306 e. The zero-order valence-corrected chi connectivity index (χ0v) is 40.7. The van der Waals surface area contributed by atoms with Gasteiger partial charge in [-0.2, -0.15) is 0 Å². The molecule has 0 bridgehead atoms. The van der Waals surface area contributed by atoms with E-state index >= 15 is 0 Å². The highest BCUT2D eigenvalue weighted by atomic mass is 16.6. The van der Waals surface area contributed by atoms with Crippen molar-refractivity contribution in [1.82, 2.24) is 0 Å². The highest BCUT2D eigenvalue weighted by Gasteiger charge is 2.19. The van der Waals surface area contributed by atoms with Gasteiger partial charge in [0.25, 0.3) is 0 Å². The molecule has 0 amide bonds. The maximum Gasteiger partial charge on any atom is 0.306 e. The Morgan fingerprint density at radius 1 is 0.328 bits per heavy atom. The van der Waals surface area contributed by atoms with Gasteiger partial charge in [-0.25, -0.2) is 0 Å². The quantitative estimate of drug-likeness (QED) is 0.0262. The van der Waals surface area contributed by atoms with E-state index in [2.05, 4.69) is 57.2 Å². The number of rotatable bonds is 48. The van der Waals surface area contributed by atoms with Crippen LogP contribution in [0.3, 0.4) is 0 Å². The Kier molecular flexibility index (Phi) is 48.3. The molecule has 0 spiro atoms. The predicted octanol–water partition coefficient (Wildman–Crippen LogP) is 17.3. The molecule has 0 aromatic rings. The average Bonchev–Trinajstić information content (AvgIpc) is 3.26. The van der Waals surface area contributed by atoms with Crippen LogP contribution in [0.2, 0.25) is 0 Å². The lowest BCUT2D eigenvalue weighted by Crippen LogP contribution is -2.30. The van der Waals surface area contributed by atoms with Crippen molar-refractivity contribution in [1.29, 1.82) is 0 Å². The maximum absolute atomic E-state index is 12.8. The average molecular weight is 857 g/mol. The number of carbonyl (C=O) groups is 3. The fourth-order valence-electron chi connectivity index (χ4n) is 7.59. The molecule has 61 heavy (non-hydrogen) atoms. The molecule has 0 heterocycles. The molecule has 6 nitrogen and oxygen atoms in total. The highest BCUT2D eigenvalue weighted by molar-refractivity contribution is 5.71. The number of unbranched alkanes of at least 4 members (excludes halogenated alkanes) is 31. The zero-order valence-electron chi connectivity index (χ0n) is 40.7. The van der Waals surface area contributed by atoms with Crippen molar-refractivity contribution < 1.29 is 28.6 Å². The van der Waals surface area contributed by atoms with Crippen LogP contribution in [0.15, 0.2) is 36.5 Å². The van der Waals surface area contributed by atoms with Gasteiger partial charge in [0.05, 0.1) is 0 Å². The predicted molar refractivity (Wildman–Crippen MR) is 261 cm³/mol. The minimum Gasteiger partial charge on any atom is -0.462 e. The lowest BCUT2D eigenvalue weighted by Gasteiger charge is -2.18. The Morgan fingerprint density at radius 3 is 0.951 bits per heavy atom. The van der Waals surface area contributed by atoms with Crippen molar-refractivity contribution in [3.8, 4) is 0 Å². The van der Waals surface area contributed by atoms with Crippen LogP contribution in [0, 0.1) is 0 Å². The first-order valence-corrected chi connectivity index (χ1v) is 26.5. The molecule has 0 rings (SSSR count). The van der Waals surface area contributed by atoms with Crippen LogP contribution < -0.4 is 0 Å². The summed E-state index contributed by atoms with van der Waals surface area (Å²) in [5, 5.41) is 0. The SMILES string of the molecule is CCCCC/C=C\C/C=C\CCCCCCCCCC(=O)OC[C@@H](COC(=O)CCCCCCCCCCCC)OC(=O)CCCCCCC/C=C\CCCCCCCCC. The van der Waals surface area contributed by atoms with Gasteiger partial charge in [0, 0.05) is 19.3 Å². The first kappa shape index (κ1) is 58.6. The summed E-state index contributed by atoms with van der Waals surface area (Å²) in [4.78, 5) is 37.9. The summed E-state index contributed by atoms with van der Waals surface area (Å²) in [6, 6.07) is 0. The summed E-state index contributed by atoms with van der Waals surface area (Å²) in [6.07, 6.45) is 58.4. The molecule has 0 fully saturated rings. The Balaban J connectivity index is 4.34. The van der Waals surface area contributed by atoms with Gasteiger partial charge in [0.2, 0.25) is 0 Å². The minimum absolute atomic E-state index is 0.0753. The summed E-state index contributed by atoms with van der Waals surface area (Å²) in [6.45, 7) is 6.61. The summed E-state index contributed by atoms with van der Waals surface area (Å²) in [5.41, 5.74) is 0. The second-order valence-electron chi connectivity index (χ2n) is 17.8. The third-order valence-electron chi connectivity index (χ3n) is 11.6. The van der Waals surface area contributed by atoms with E-state index in [4.69, 9.17) is 14.2 Å². The molecule has 0 unspecified atom stereocenters. The molecule has 0 N–H and O–H groups in total. The Bertz CT molecular complexity index is 1030. The first-order chi connectivity index (χ1) is 30.0. The molecule has 0 aromatic heterocycles. The van der Waals surface area contributed by atoms with E-state index in [1.165, 1.54) is 161 Å².